The number of carboxylic acids is 1. The van der Waals surface area contributed by atoms with Crippen LogP contribution in [0.1, 0.15) is 97.3 Å². The molecule has 19 heavy (non-hydrogen) atoms. The minimum Gasteiger partial charge on any atom is -0.481 e. The van der Waals surface area contributed by atoms with Crippen LogP contribution in [-0.2, 0) is 4.79 Å². The molecule has 1 aliphatic carbocycles. The summed E-state index contributed by atoms with van der Waals surface area (Å²) >= 11 is 0. The molecule has 114 valence electrons. The molecule has 0 aliphatic heterocycles. The van der Waals surface area contributed by atoms with E-state index in [1.165, 1.54) is 83.5 Å². The van der Waals surface area contributed by atoms with Crippen molar-refractivity contribution in [1.82, 2.24) is 0 Å². The van der Waals surface area contributed by atoms with Crippen molar-refractivity contribution >= 4 is 5.97 Å². The molecule has 0 spiro atoms. The van der Waals surface area contributed by atoms with Gasteiger partial charge in [-0.3, -0.25) is 4.79 Å². The van der Waals surface area contributed by atoms with E-state index in [0.717, 1.165) is 12.8 Å². The molecule has 2 heteroatoms. The molecule has 1 N–H and O–H groups in total. The summed E-state index contributed by atoms with van der Waals surface area (Å²) < 4.78 is 0. The summed E-state index contributed by atoms with van der Waals surface area (Å²) in [5.41, 5.74) is 0. The van der Waals surface area contributed by atoms with Crippen LogP contribution in [0, 0.1) is 5.92 Å². The number of unbranched alkanes of at least 4 members (excludes halogenated alkanes) is 7. The Kier molecular flexibility index (Phi) is 13.5. The number of hydrogen-bond acceptors (Lipinski definition) is 1. The van der Waals surface area contributed by atoms with E-state index in [0.29, 0.717) is 0 Å². The quantitative estimate of drug-likeness (QED) is 0.538. The average molecular weight is 270 g/mol. The Morgan fingerprint density at radius 2 is 1.37 bits per heavy atom. The minimum absolute atomic E-state index is 0.833. The van der Waals surface area contributed by atoms with Crippen molar-refractivity contribution in [1.29, 1.82) is 0 Å². The number of carboxylic acid groups (broad SMARTS) is 1. The standard InChI is InChI=1S/C15H30.C2H4O2/c1-2-3-4-5-6-7-8-9-12-15-13-10-11-14-15;1-2(3)4/h15H,2-14H2,1H3;1H3,(H,3,4). The Labute approximate surface area is 120 Å². The lowest BCUT2D eigenvalue weighted by atomic mass is 9.99. The lowest BCUT2D eigenvalue weighted by molar-refractivity contribution is -0.134. The molecule has 0 heterocycles. The molecule has 0 bridgehead atoms. The van der Waals surface area contributed by atoms with Gasteiger partial charge >= 0.3 is 0 Å². The third-order valence-corrected chi connectivity index (χ3v) is 3.94. The van der Waals surface area contributed by atoms with Crippen molar-refractivity contribution in [2.45, 2.75) is 97.3 Å². The van der Waals surface area contributed by atoms with Gasteiger partial charge in [-0.05, 0) is 5.92 Å². The van der Waals surface area contributed by atoms with Crippen molar-refractivity contribution < 1.29 is 9.90 Å². The van der Waals surface area contributed by atoms with E-state index in [1.807, 2.05) is 0 Å². The first-order valence-corrected chi connectivity index (χ1v) is 8.36. The molecule has 1 saturated carbocycles. The van der Waals surface area contributed by atoms with E-state index in [-0.39, 0.29) is 0 Å². The van der Waals surface area contributed by atoms with Crippen LogP contribution in [0.15, 0.2) is 0 Å². The first kappa shape index (κ1) is 18.5. The third-order valence-electron chi connectivity index (χ3n) is 3.94. The van der Waals surface area contributed by atoms with Crippen molar-refractivity contribution in [2.75, 3.05) is 0 Å². The van der Waals surface area contributed by atoms with Gasteiger partial charge in [-0.2, -0.15) is 0 Å². The van der Waals surface area contributed by atoms with Crippen LogP contribution >= 0.6 is 0 Å². The van der Waals surface area contributed by atoms with Crippen LogP contribution in [0.3, 0.4) is 0 Å². The zero-order valence-electron chi connectivity index (χ0n) is 13.1. The number of rotatable bonds is 9. The topological polar surface area (TPSA) is 37.3 Å². The average Bonchev–Trinajstić information content (AvgIpc) is 2.85. The molecular weight excluding hydrogens is 236 g/mol. The highest BCUT2D eigenvalue weighted by atomic mass is 16.4. The third kappa shape index (κ3) is 15.4. The second-order valence-corrected chi connectivity index (χ2v) is 5.93. The Morgan fingerprint density at radius 3 is 1.84 bits per heavy atom. The van der Waals surface area contributed by atoms with E-state index >= 15 is 0 Å². The molecule has 0 amide bonds. The number of hydrogen-bond donors (Lipinski definition) is 1. The van der Waals surface area contributed by atoms with Crippen LogP contribution in [0.25, 0.3) is 0 Å². The van der Waals surface area contributed by atoms with Gasteiger partial charge in [0.1, 0.15) is 0 Å². The molecule has 0 unspecified atom stereocenters. The predicted octanol–water partition coefficient (Wildman–Crippen LogP) is 5.80. The summed E-state index contributed by atoms with van der Waals surface area (Å²) in [6.07, 6.45) is 19.4. The molecule has 0 aromatic rings. The molecule has 2 nitrogen and oxygen atoms in total. The highest BCUT2D eigenvalue weighted by Gasteiger charge is 2.13. The van der Waals surface area contributed by atoms with E-state index in [9.17, 15) is 0 Å². The van der Waals surface area contributed by atoms with Gasteiger partial charge in [-0.15, -0.1) is 0 Å². The molecule has 0 atom stereocenters. The van der Waals surface area contributed by atoms with E-state index in [2.05, 4.69) is 6.92 Å². The molecule has 1 fully saturated rings. The molecular formula is C17H34O2. The van der Waals surface area contributed by atoms with Gasteiger partial charge in [0.05, 0.1) is 0 Å². The largest absolute Gasteiger partial charge is 0.481 e. The maximum Gasteiger partial charge on any atom is 0.300 e. The molecule has 1 aliphatic rings. The first-order valence-electron chi connectivity index (χ1n) is 8.36. The van der Waals surface area contributed by atoms with Crippen LogP contribution < -0.4 is 0 Å². The normalized spacial score (nSPS) is 15.1. The second kappa shape index (κ2) is 13.9. The Hall–Kier alpha value is -0.530. The maximum atomic E-state index is 9.00. The van der Waals surface area contributed by atoms with Gasteiger partial charge in [-0.25, -0.2) is 0 Å². The summed E-state index contributed by atoms with van der Waals surface area (Å²) in [6.45, 7) is 3.38. The van der Waals surface area contributed by atoms with Crippen molar-refractivity contribution in [3.63, 3.8) is 0 Å². The van der Waals surface area contributed by atoms with Gasteiger partial charge in [0.2, 0.25) is 0 Å². The molecule has 0 aromatic heterocycles. The summed E-state index contributed by atoms with van der Waals surface area (Å²) in [4.78, 5) is 9.00. The predicted molar refractivity (Wildman–Crippen MR) is 82.5 cm³/mol. The van der Waals surface area contributed by atoms with Gasteiger partial charge in [-0.1, -0.05) is 90.4 Å². The van der Waals surface area contributed by atoms with Gasteiger partial charge in [0.15, 0.2) is 0 Å². The smallest absolute Gasteiger partial charge is 0.300 e. The van der Waals surface area contributed by atoms with Gasteiger partial charge in [0, 0.05) is 6.92 Å². The van der Waals surface area contributed by atoms with Crippen molar-refractivity contribution in [3.8, 4) is 0 Å². The van der Waals surface area contributed by atoms with Crippen molar-refractivity contribution in [3.05, 3.63) is 0 Å². The second-order valence-electron chi connectivity index (χ2n) is 5.93. The highest BCUT2D eigenvalue weighted by Crippen LogP contribution is 2.29. The van der Waals surface area contributed by atoms with Crippen LogP contribution in [0.5, 0.6) is 0 Å². The summed E-state index contributed by atoms with van der Waals surface area (Å²) in [7, 11) is 0. The molecule has 0 radical (unpaired) electrons. The zero-order valence-corrected chi connectivity index (χ0v) is 13.1. The molecule has 0 aromatic carbocycles. The molecule has 0 saturated heterocycles. The lowest BCUT2D eigenvalue weighted by Gasteiger charge is -2.07. The first-order chi connectivity index (χ1) is 9.16. The molecule has 1 rings (SSSR count). The number of carbonyl (C=O) groups is 1. The minimum atomic E-state index is -0.833. The van der Waals surface area contributed by atoms with Crippen LogP contribution in [0.2, 0.25) is 0 Å². The summed E-state index contributed by atoms with van der Waals surface area (Å²) in [5, 5.41) is 7.42. The Balaban J connectivity index is 0.000000711. The Morgan fingerprint density at radius 1 is 0.947 bits per heavy atom. The van der Waals surface area contributed by atoms with E-state index < -0.39 is 5.97 Å². The van der Waals surface area contributed by atoms with Gasteiger partial charge in [0.25, 0.3) is 5.97 Å². The fourth-order valence-electron chi connectivity index (χ4n) is 2.87. The van der Waals surface area contributed by atoms with Gasteiger partial charge < -0.3 is 5.11 Å². The Bertz CT molecular complexity index is 191. The summed E-state index contributed by atoms with van der Waals surface area (Å²) in [5.74, 6) is 0.282. The van der Waals surface area contributed by atoms with Crippen LogP contribution in [0.4, 0.5) is 0 Å². The lowest BCUT2D eigenvalue weighted by Crippen LogP contribution is -1.92. The van der Waals surface area contributed by atoms with E-state index in [1.54, 1.807) is 0 Å². The fourth-order valence-corrected chi connectivity index (χ4v) is 2.87. The highest BCUT2D eigenvalue weighted by molar-refractivity contribution is 5.62. The fraction of sp³-hybridized carbons (Fsp3) is 0.941. The number of aliphatic carboxylic acids is 1. The zero-order chi connectivity index (χ0) is 14.3. The van der Waals surface area contributed by atoms with Crippen molar-refractivity contribution in [2.24, 2.45) is 5.92 Å². The summed E-state index contributed by atoms with van der Waals surface area (Å²) in [6, 6.07) is 0. The monoisotopic (exact) mass is 270 g/mol. The van der Waals surface area contributed by atoms with Crippen LogP contribution in [-0.4, -0.2) is 11.1 Å². The SMILES string of the molecule is CC(=O)O.CCCCCCCCCCC1CCCC1. The maximum absolute atomic E-state index is 9.00. The van der Waals surface area contributed by atoms with E-state index in [4.69, 9.17) is 9.90 Å².